The molecule has 0 atom stereocenters. The molecule has 0 aliphatic rings. The van der Waals surface area contributed by atoms with E-state index in [-0.39, 0.29) is 12.4 Å². The number of ether oxygens (including phenoxy) is 3. The molecule has 0 bridgehead atoms. The summed E-state index contributed by atoms with van der Waals surface area (Å²) in [5.41, 5.74) is 2.53. The van der Waals surface area contributed by atoms with Crippen molar-refractivity contribution in [1.82, 2.24) is 0 Å². The Bertz CT molecular complexity index is 900. The third-order valence-electron chi connectivity index (χ3n) is 3.80. The fraction of sp³-hybridized carbons (Fsp3) is 0.211. The van der Waals surface area contributed by atoms with Crippen LogP contribution in [0.5, 0.6) is 11.5 Å². The number of hydrogen-bond donors (Lipinski definition) is 0. The van der Waals surface area contributed by atoms with Crippen LogP contribution in [0.3, 0.4) is 0 Å². The second-order valence-corrected chi connectivity index (χ2v) is 6.29. The van der Waals surface area contributed by atoms with Crippen LogP contribution in [0.15, 0.2) is 51.6 Å². The smallest absolute Gasteiger partial charge is 0.310 e. The molecule has 3 rings (SSSR count). The van der Waals surface area contributed by atoms with Crippen LogP contribution in [-0.4, -0.2) is 20.2 Å². The van der Waals surface area contributed by atoms with Crippen molar-refractivity contribution in [1.29, 1.82) is 0 Å². The molecule has 0 aliphatic carbocycles. The van der Waals surface area contributed by atoms with E-state index in [2.05, 4.69) is 15.9 Å². The number of methoxy groups -OCH3 is 2. The van der Waals surface area contributed by atoms with Crippen molar-refractivity contribution in [2.45, 2.75) is 13.0 Å². The van der Waals surface area contributed by atoms with Crippen LogP contribution in [0.1, 0.15) is 11.1 Å². The highest BCUT2D eigenvalue weighted by atomic mass is 79.9. The van der Waals surface area contributed by atoms with E-state index in [0.29, 0.717) is 18.1 Å². The average Bonchev–Trinajstić information content (AvgIpc) is 3.10. The molecule has 0 N–H and O–H groups in total. The Hall–Kier alpha value is -2.47. The molecule has 0 unspecified atom stereocenters. The highest BCUT2D eigenvalue weighted by Gasteiger charge is 2.12. The van der Waals surface area contributed by atoms with Gasteiger partial charge in [-0.3, -0.25) is 4.79 Å². The van der Waals surface area contributed by atoms with Gasteiger partial charge in [-0.2, -0.15) is 0 Å². The van der Waals surface area contributed by atoms with Crippen LogP contribution in [-0.2, 0) is 22.6 Å². The largest absolute Gasteiger partial charge is 0.497 e. The fourth-order valence-corrected chi connectivity index (χ4v) is 3.13. The van der Waals surface area contributed by atoms with E-state index in [1.54, 1.807) is 31.6 Å². The number of furan rings is 1. The zero-order valence-electron chi connectivity index (χ0n) is 13.9. The molecule has 0 fully saturated rings. The molecule has 1 aromatic heterocycles. The first-order chi connectivity index (χ1) is 12.1. The molecule has 3 aromatic rings. The minimum atomic E-state index is -0.322. The van der Waals surface area contributed by atoms with Gasteiger partial charge in [0.05, 0.1) is 31.4 Å². The number of carbonyl (C=O) groups is 1. The molecule has 6 heteroatoms. The first kappa shape index (κ1) is 17.4. The summed E-state index contributed by atoms with van der Waals surface area (Å²) in [5.74, 6) is 0.931. The Morgan fingerprint density at radius 2 is 2.00 bits per heavy atom. The lowest BCUT2D eigenvalue weighted by molar-refractivity contribution is -0.139. The molecule has 2 aromatic carbocycles. The summed E-state index contributed by atoms with van der Waals surface area (Å²) in [6, 6.07) is 11.2. The quantitative estimate of drug-likeness (QED) is 0.566. The Morgan fingerprint density at radius 3 is 2.76 bits per heavy atom. The maximum absolute atomic E-state index is 11.6. The highest BCUT2D eigenvalue weighted by molar-refractivity contribution is 9.10. The second-order valence-electron chi connectivity index (χ2n) is 5.43. The molecule has 5 nitrogen and oxygen atoms in total. The Morgan fingerprint density at radius 1 is 1.16 bits per heavy atom. The Labute approximate surface area is 153 Å². The topological polar surface area (TPSA) is 57.9 Å². The standard InChI is InChI=1S/C19H17BrO5/c1-22-15-4-3-13(9-18(21)23-2)17(10-15)25-11-12-7-14-5-6-24-19(14)16(20)8-12/h3-8,10H,9,11H2,1-2H3. The van der Waals surface area contributed by atoms with Crippen LogP contribution in [0.2, 0.25) is 0 Å². The number of rotatable bonds is 6. The predicted molar refractivity (Wildman–Crippen MR) is 97.0 cm³/mol. The van der Waals surface area contributed by atoms with Crippen molar-refractivity contribution in [3.05, 3.63) is 58.3 Å². The van der Waals surface area contributed by atoms with Gasteiger partial charge in [0.25, 0.3) is 0 Å². The van der Waals surface area contributed by atoms with Crippen molar-refractivity contribution in [2.24, 2.45) is 0 Å². The minimum absolute atomic E-state index is 0.139. The summed E-state index contributed by atoms with van der Waals surface area (Å²) in [6.45, 7) is 0.348. The molecule has 0 aliphatic heterocycles. The molecule has 0 radical (unpaired) electrons. The van der Waals surface area contributed by atoms with Crippen molar-refractivity contribution in [3.8, 4) is 11.5 Å². The number of esters is 1. The van der Waals surface area contributed by atoms with Crippen LogP contribution >= 0.6 is 15.9 Å². The summed E-state index contributed by atoms with van der Waals surface area (Å²) in [4.78, 5) is 11.6. The van der Waals surface area contributed by atoms with Gasteiger partial charge in [0.2, 0.25) is 0 Å². The average molecular weight is 405 g/mol. The van der Waals surface area contributed by atoms with E-state index in [1.807, 2.05) is 18.2 Å². The summed E-state index contributed by atoms with van der Waals surface area (Å²) in [5, 5.41) is 0.994. The summed E-state index contributed by atoms with van der Waals surface area (Å²) >= 11 is 3.50. The lowest BCUT2D eigenvalue weighted by Crippen LogP contribution is -2.07. The predicted octanol–water partition coefficient (Wildman–Crippen LogP) is 4.50. The summed E-state index contributed by atoms with van der Waals surface area (Å²) in [6.07, 6.45) is 1.79. The Balaban J connectivity index is 1.83. The lowest BCUT2D eigenvalue weighted by Gasteiger charge is -2.13. The number of fused-ring (bicyclic) bond motifs is 1. The van der Waals surface area contributed by atoms with Crippen molar-refractivity contribution in [3.63, 3.8) is 0 Å². The van der Waals surface area contributed by atoms with E-state index >= 15 is 0 Å². The van der Waals surface area contributed by atoms with Gasteiger partial charge in [0.15, 0.2) is 0 Å². The number of benzene rings is 2. The van der Waals surface area contributed by atoms with E-state index in [1.165, 1.54) is 7.11 Å². The number of halogens is 1. The van der Waals surface area contributed by atoms with Crippen molar-refractivity contribution in [2.75, 3.05) is 14.2 Å². The number of hydrogen-bond acceptors (Lipinski definition) is 5. The number of carbonyl (C=O) groups excluding carboxylic acids is 1. The first-order valence-corrected chi connectivity index (χ1v) is 8.42. The maximum atomic E-state index is 11.6. The van der Waals surface area contributed by atoms with E-state index in [4.69, 9.17) is 18.6 Å². The molecule has 0 saturated heterocycles. The van der Waals surface area contributed by atoms with Gasteiger partial charge in [0, 0.05) is 17.0 Å². The van der Waals surface area contributed by atoms with E-state index < -0.39 is 0 Å². The van der Waals surface area contributed by atoms with Gasteiger partial charge in [0.1, 0.15) is 23.7 Å². The third-order valence-corrected chi connectivity index (χ3v) is 4.39. The SMILES string of the molecule is COC(=O)Cc1ccc(OC)cc1OCc1cc(Br)c2occc2c1. The molecule has 25 heavy (non-hydrogen) atoms. The summed E-state index contributed by atoms with van der Waals surface area (Å²) < 4.78 is 22.2. The second kappa shape index (κ2) is 7.61. The minimum Gasteiger partial charge on any atom is -0.497 e. The third kappa shape index (κ3) is 3.96. The zero-order valence-corrected chi connectivity index (χ0v) is 15.5. The monoisotopic (exact) mass is 404 g/mol. The lowest BCUT2D eigenvalue weighted by atomic mass is 10.1. The van der Waals surface area contributed by atoms with Gasteiger partial charge >= 0.3 is 5.97 Å². The molecule has 0 spiro atoms. The fourth-order valence-electron chi connectivity index (χ4n) is 2.51. The molecular weight excluding hydrogens is 388 g/mol. The zero-order chi connectivity index (χ0) is 17.8. The molecule has 1 heterocycles. The van der Waals surface area contributed by atoms with Crippen molar-refractivity contribution < 1.29 is 23.4 Å². The van der Waals surface area contributed by atoms with Crippen LogP contribution in [0.25, 0.3) is 11.0 Å². The van der Waals surface area contributed by atoms with Gasteiger partial charge < -0.3 is 18.6 Å². The highest BCUT2D eigenvalue weighted by Crippen LogP contribution is 2.29. The van der Waals surface area contributed by atoms with Crippen LogP contribution < -0.4 is 9.47 Å². The molecule has 0 saturated carbocycles. The first-order valence-electron chi connectivity index (χ1n) is 7.63. The van der Waals surface area contributed by atoms with Gasteiger partial charge in [-0.05, 0) is 45.8 Å². The van der Waals surface area contributed by atoms with Gasteiger partial charge in [-0.15, -0.1) is 0 Å². The normalized spacial score (nSPS) is 10.7. The molecule has 130 valence electrons. The maximum Gasteiger partial charge on any atom is 0.310 e. The van der Waals surface area contributed by atoms with E-state index in [9.17, 15) is 4.79 Å². The summed E-state index contributed by atoms with van der Waals surface area (Å²) in [7, 11) is 2.95. The van der Waals surface area contributed by atoms with Crippen molar-refractivity contribution >= 4 is 32.9 Å². The van der Waals surface area contributed by atoms with Gasteiger partial charge in [-0.25, -0.2) is 0 Å². The molecule has 0 amide bonds. The van der Waals surface area contributed by atoms with Crippen LogP contribution in [0.4, 0.5) is 0 Å². The molecular formula is C19H17BrO5. The van der Waals surface area contributed by atoms with Crippen LogP contribution in [0, 0.1) is 0 Å². The van der Waals surface area contributed by atoms with Gasteiger partial charge in [-0.1, -0.05) is 6.07 Å². The van der Waals surface area contributed by atoms with E-state index in [0.717, 1.165) is 26.6 Å². The Kier molecular flexibility index (Phi) is 5.28.